The number of rotatable bonds is 9. The Morgan fingerprint density at radius 1 is 1.00 bits per heavy atom. The summed E-state index contributed by atoms with van der Waals surface area (Å²) in [5.74, 6) is -0.274. The molecule has 0 rings (SSSR count). The molecule has 0 aromatic carbocycles. The van der Waals surface area contributed by atoms with Crippen molar-refractivity contribution >= 4 is 11.9 Å². The van der Waals surface area contributed by atoms with E-state index in [0.717, 1.165) is 0 Å². The average molecular weight is 288 g/mol. The summed E-state index contributed by atoms with van der Waals surface area (Å²) in [6, 6.07) is -1.20. The molecule has 4 N–H and O–H groups in total. The van der Waals surface area contributed by atoms with Crippen molar-refractivity contribution in [1.82, 2.24) is 0 Å². The van der Waals surface area contributed by atoms with Gasteiger partial charge in [0.05, 0.1) is 13.7 Å². The second-order valence-electron chi connectivity index (χ2n) is 5.66. The van der Waals surface area contributed by atoms with Crippen LogP contribution >= 0.6 is 0 Å². The van der Waals surface area contributed by atoms with Crippen molar-refractivity contribution in [1.29, 1.82) is 0 Å². The van der Waals surface area contributed by atoms with E-state index in [9.17, 15) is 9.59 Å². The Bertz CT molecular complexity index is 308. The van der Waals surface area contributed by atoms with Crippen LogP contribution in [0.2, 0.25) is 0 Å². The van der Waals surface area contributed by atoms with Crippen LogP contribution in [0, 0.1) is 11.8 Å². The summed E-state index contributed by atoms with van der Waals surface area (Å²) in [7, 11) is 1.31. The molecule has 0 fully saturated rings. The van der Waals surface area contributed by atoms with E-state index in [2.05, 4.69) is 4.74 Å². The third-order valence-electron chi connectivity index (χ3n) is 3.04. The molecule has 0 aliphatic carbocycles. The lowest BCUT2D eigenvalue weighted by Gasteiger charge is -2.17. The molecular formula is C14H28N2O4. The fourth-order valence-electron chi connectivity index (χ4n) is 1.87. The number of carbonyl (C=O) groups excluding carboxylic acids is 2. The zero-order chi connectivity index (χ0) is 15.7. The molecule has 0 saturated carbocycles. The van der Waals surface area contributed by atoms with Gasteiger partial charge in [-0.3, -0.25) is 9.59 Å². The number of esters is 2. The summed E-state index contributed by atoms with van der Waals surface area (Å²) in [4.78, 5) is 22.8. The number of ether oxygens (including phenoxy) is 2. The van der Waals surface area contributed by atoms with Crippen molar-refractivity contribution in [2.75, 3.05) is 13.7 Å². The van der Waals surface area contributed by atoms with E-state index in [-0.39, 0.29) is 11.9 Å². The highest BCUT2D eigenvalue weighted by Gasteiger charge is 2.19. The zero-order valence-electron chi connectivity index (χ0n) is 12.9. The van der Waals surface area contributed by atoms with Gasteiger partial charge < -0.3 is 20.9 Å². The van der Waals surface area contributed by atoms with Crippen molar-refractivity contribution in [3.63, 3.8) is 0 Å². The van der Waals surface area contributed by atoms with Gasteiger partial charge in [-0.05, 0) is 31.1 Å². The Balaban J connectivity index is 3.88. The van der Waals surface area contributed by atoms with Crippen LogP contribution in [-0.2, 0) is 19.1 Å². The van der Waals surface area contributed by atoms with Gasteiger partial charge in [-0.1, -0.05) is 20.8 Å². The lowest BCUT2D eigenvalue weighted by Crippen LogP contribution is -2.35. The molecule has 0 amide bonds. The number of carbonyl (C=O) groups is 2. The monoisotopic (exact) mass is 288 g/mol. The van der Waals surface area contributed by atoms with Crippen molar-refractivity contribution in [2.24, 2.45) is 23.3 Å². The third-order valence-corrected chi connectivity index (χ3v) is 3.04. The first kappa shape index (κ1) is 18.9. The SMILES string of the molecule is COC(=O)[C@@H](N)CC(C)CCOC(=O)[C@@H](N)CC(C)C. The van der Waals surface area contributed by atoms with Gasteiger partial charge in [-0.25, -0.2) is 0 Å². The van der Waals surface area contributed by atoms with Crippen LogP contribution in [0.4, 0.5) is 0 Å². The normalized spacial score (nSPS) is 15.6. The molecule has 0 aromatic rings. The molecular weight excluding hydrogens is 260 g/mol. The van der Waals surface area contributed by atoms with Crippen molar-refractivity contribution in [3.05, 3.63) is 0 Å². The standard InChI is InChI=1S/C14H28N2O4/c1-9(2)7-11(15)14(18)20-6-5-10(3)8-12(16)13(17)19-4/h9-12H,5-8,15-16H2,1-4H3/t10?,11-,12-/m0/s1. The minimum atomic E-state index is -0.631. The third kappa shape index (κ3) is 8.12. The van der Waals surface area contributed by atoms with E-state index in [0.29, 0.717) is 31.8 Å². The molecule has 0 aliphatic heterocycles. The van der Waals surface area contributed by atoms with Crippen molar-refractivity contribution < 1.29 is 19.1 Å². The van der Waals surface area contributed by atoms with Crippen LogP contribution in [0.15, 0.2) is 0 Å². The number of hydrogen-bond acceptors (Lipinski definition) is 6. The molecule has 0 radical (unpaired) electrons. The largest absolute Gasteiger partial charge is 0.468 e. The molecule has 6 heteroatoms. The highest BCUT2D eigenvalue weighted by atomic mass is 16.5. The van der Waals surface area contributed by atoms with Gasteiger partial charge in [0.2, 0.25) is 0 Å². The van der Waals surface area contributed by atoms with Gasteiger partial charge in [0.1, 0.15) is 12.1 Å². The molecule has 0 saturated heterocycles. The maximum atomic E-state index is 11.6. The van der Waals surface area contributed by atoms with Crippen LogP contribution in [0.1, 0.15) is 40.0 Å². The summed E-state index contributed by atoms with van der Waals surface area (Å²) < 4.78 is 9.68. The zero-order valence-corrected chi connectivity index (χ0v) is 12.9. The van der Waals surface area contributed by atoms with E-state index in [4.69, 9.17) is 16.2 Å². The Labute approximate surface area is 121 Å². The van der Waals surface area contributed by atoms with Gasteiger partial charge in [-0.15, -0.1) is 0 Å². The summed E-state index contributed by atoms with van der Waals surface area (Å²) in [6.45, 7) is 6.25. The molecule has 0 aliphatic rings. The number of nitrogens with two attached hydrogens (primary N) is 2. The topological polar surface area (TPSA) is 105 Å². The lowest BCUT2D eigenvalue weighted by atomic mass is 9.99. The van der Waals surface area contributed by atoms with Gasteiger partial charge in [-0.2, -0.15) is 0 Å². The Morgan fingerprint density at radius 3 is 2.05 bits per heavy atom. The predicted octanol–water partition coefficient (Wildman–Crippen LogP) is 0.820. The van der Waals surface area contributed by atoms with Gasteiger partial charge in [0.25, 0.3) is 0 Å². The molecule has 118 valence electrons. The van der Waals surface area contributed by atoms with Gasteiger partial charge in [0.15, 0.2) is 0 Å². The van der Waals surface area contributed by atoms with E-state index in [1.54, 1.807) is 0 Å². The Kier molecular flexibility index (Phi) is 9.16. The van der Waals surface area contributed by atoms with E-state index < -0.39 is 18.1 Å². The van der Waals surface area contributed by atoms with E-state index >= 15 is 0 Å². The summed E-state index contributed by atoms with van der Waals surface area (Å²) >= 11 is 0. The molecule has 6 nitrogen and oxygen atoms in total. The fraction of sp³-hybridized carbons (Fsp3) is 0.857. The first-order chi connectivity index (χ1) is 9.27. The molecule has 3 atom stereocenters. The van der Waals surface area contributed by atoms with Gasteiger partial charge in [0, 0.05) is 0 Å². The summed E-state index contributed by atoms with van der Waals surface area (Å²) in [6.07, 6.45) is 1.76. The molecule has 20 heavy (non-hydrogen) atoms. The maximum absolute atomic E-state index is 11.6. The van der Waals surface area contributed by atoms with Gasteiger partial charge >= 0.3 is 11.9 Å². The molecule has 0 spiro atoms. The first-order valence-electron chi connectivity index (χ1n) is 7.03. The van der Waals surface area contributed by atoms with Crippen LogP contribution < -0.4 is 11.5 Å². The lowest BCUT2D eigenvalue weighted by molar-refractivity contribution is -0.146. The van der Waals surface area contributed by atoms with E-state index in [1.165, 1.54) is 7.11 Å². The molecule has 0 aromatic heterocycles. The van der Waals surface area contributed by atoms with Crippen LogP contribution in [0.5, 0.6) is 0 Å². The van der Waals surface area contributed by atoms with E-state index in [1.807, 2.05) is 20.8 Å². The second kappa shape index (κ2) is 9.72. The predicted molar refractivity (Wildman–Crippen MR) is 76.8 cm³/mol. The molecule has 0 bridgehead atoms. The minimum Gasteiger partial charge on any atom is -0.468 e. The maximum Gasteiger partial charge on any atom is 0.322 e. The molecule has 1 unspecified atom stereocenters. The smallest absolute Gasteiger partial charge is 0.322 e. The summed E-state index contributed by atoms with van der Waals surface area (Å²) in [5, 5.41) is 0. The molecule has 0 heterocycles. The second-order valence-corrected chi connectivity index (χ2v) is 5.66. The Morgan fingerprint density at radius 2 is 1.55 bits per heavy atom. The van der Waals surface area contributed by atoms with Crippen molar-refractivity contribution in [2.45, 2.75) is 52.1 Å². The number of methoxy groups -OCH3 is 1. The van der Waals surface area contributed by atoms with Crippen LogP contribution in [-0.4, -0.2) is 37.7 Å². The highest BCUT2D eigenvalue weighted by molar-refractivity contribution is 5.75. The van der Waals surface area contributed by atoms with Crippen molar-refractivity contribution in [3.8, 4) is 0 Å². The Hall–Kier alpha value is -1.14. The number of hydrogen-bond donors (Lipinski definition) is 2. The van der Waals surface area contributed by atoms with Crippen LogP contribution in [0.25, 0.3) is 0 Å². The summed E-state index contributed by atoms with van der Waals surface area (Å²) in [5.41, 5.74) is 11.4. The van der Waals surface area contributed by atoms with Crippen LogP contribution in [0.3, 0.4) is 0 Å². The first-order valence-corrected chi connectivity index (χ1v) is 7.03. The quantitative estimate of drug-likeness (QED) is 0.609. The minimum absolute atomic E-state index is 0.165. The average Bonchev–Trinajstić information content (AvgIpc) is 2.36. The fourth-order valence-corrected chi connectivity index (χ4v) is 1.87. The highest BCUT2D eigenvalue weighted by Crippen LogP contribution is 2.11.